The van der Waals surface area contributed by atoms with Crippen molar-refractivity contribution in [2.24, 2.45) is 5.92 Å². The molecule has 0 spiro atoms. The fourth-order valence-electron chi connectivity index (χ4n) is 1.26. The highest BCUT2D eigenvalue weighted by Gasteiger charge is 2.05. The van der Waals surface area contributed by atoms with Crippen LogP contribution in [0.4, 0.5) is 0 Å². The van der Waals surface area contributed by atoms with Gasteiger partial charge in [-0.15, -0.1) is 0 Å². The molecule has 2 nitrogen and oxygen atoms in total. The van der Waals surface area contributed by atoms with Crippen LogP contribution in [0, 0.1) is 12.8 Å². The number of ether oxygens (including phenoxy) is 2. The molecule has 0 bridgehead atoms. The third-order valence-corrected chi connectivity index (χ3v) is 1.97. The molecule has 0 aliphatic heterocycles. The van der Waals surface area contributed by atoms with Gasteiger partial charge in [0.15, 0.2) is 11.5 Å². The minimum absolute atomic E-state index is 0.528. The van der Waals surface area contributed by atoms with Gasteiger partial charge < -0.3 is 9.47 Å². The van der Waals surface area contributed by atoms with Gasteiger partial charge in [0.25, 0.3) is 0 Å². The standard InChI is InChI=1S/C13H20O2/c1-5-14-12-7-6-11(4)8-13(12)15-9-10(2)3/h6-8,10H,5,9H2,1-4H3. The Morgan fingerprint density at radius 1 is 1.13 bits per heavy atom. The molecule has 0 N–H and O–H groups in total. The highest BCUT2D eigenvalue weighted by atomic mass is 16.5. The lowest BCUT2D eigenvalue weighted by molar-refractivity contribution is 0.248. The van der Waals surface area contributed by atoms with Gasteiger partial charge in [-0.2, -0.15) is 0 Å². The summed E-state index contributed by atoms with van der Waals surface area (Å²) in [5, 5.41) is 0. The first-order valence-electron chi connectivity index (χ1n) is 5.49. The molecule has 0 radical (unpaired) electrons. The summed E-state index contributed by atoms with van der Waals surface area (Å²) in [7, 11) is 0. The van der Waals surface area contributed by atoms with Crippen molar-refractivity contribution >= 4 is 0 Å². The highest BCUT2D eigenvalue weighted by molar-refractivity contribution is 5.42. The van der Waals surface area contributed by atoms with Crippen molar-refractivity contribution in [2.75, 3.05) is 13.2 Å². The highest BCUT2D eigenvalue weighted by Crippen LogP contribution is 2.28. The molecule has 1 rings (SSSR count). The van der Waals surface area contributed by atoms with Gasteiger partial charge >= 0.3 is 0 Å². The van der Waals surface area contributed by atoms with E-state index in [2.05, 4.69) is 20.8 Å². The summed E-state index contributed by atoms with van der Waals surface area (Å²) in [5.41, 5.74) is 1.19. The summed E-state index contributed by atoms with van der Waals surface area (Å²) in [5.74, 6) is 2.22. The maximum Gasteiger partial charge on any atom is 0.161 e. The molecular weight excluding hydrogens is 188 g/mol. The van der Waals surface area contributed by atoms with Crippen LogP contribution in [0.15, 0.2) is 18.2 Å². The second-order valence-corrected chi connectivity index (χ2v) is 4.09. The van der Waals surface area contributed by atoms with Crippen molar-refractivity contribution in [3.8, 4) is 11.5 Å². The summed E-state index contributed by atoms with van der Waals surface area (Å²) in [4.78, 5) is 0. The number of hydrogen-bond donors (Lipinski definition) is 0. The molecule has 2 heteroatoms. The van der Waals surface area contributed by atoms with Gasteiger partial charge in [-0.3, -0.25) is 0 Å². The topological polar surface area (TPSA) is 18.5 Å². The van der Waals surface area contributed by atoms with Crippen molar-refractivity contribution in [3.63, 3.8) is 0 Å². The van der Waals surface area contributed by atoms with E-state index in [9.17, 15) is 0 Å². The van der Waals surface area contributed by atoms with E-state index in [0.29, 0.717) is 12.5 Å². The predicted molar refractivity (Wildman–Crippen MR) is 62.7 cm³/mol. The second kappa shape index (κ2) is 5.64. The first-order chi connectivity index (χ1) is 7.13. The SMILES string of the molecule is CCOc1ccc(C)cc1OCC(C)C. The van der Waals surface area contributed by atoms with Crippen molar-refractivity contribution in [3.05, 3.63) is 23.8 Å². The quantitative estimate of drug-likeness (QED) is 0.738. The van der Waals surface area contributed by atoms with Crippen LogP contribution in [-0.2, 0) is 0 Å². The van der Waals surface area contributed by atoms with E-state index in [-0.39, 0.29) is 0 Å². The van der Waals surface area contributed by atoms with Gasteiger partial charge in [-0.1, -0.05) is 19.9 Å². The molecule has 1 aromatic carbocycles. The third kappa shape index (κ3) is 3.82. The molecular formula is C13H20O2. The number of aryl methyl sites for hydroxylation is 1. The average Bonchev–Trinajstić information content (AvgIpc) is 2.18. The third-order valence-electron chi connectivity index (χ3n) is 1.97. The Morgan fingerprint density at radius 3 is 2.47 bits per heavy atom. The molecule has 0 fully saturated rings. The van der Waals surface area contributed by atoms with Crippen molar-refractivity contribution in [2.45, 2.75) is 27.7 Å². The molecule has 0 saturated carbocycles. The maximum absolute atomic E-state index is 5.71. The van der Waals surface area contributed by atoms with Crippen molar-refractivity contribution < 1.29 is 9.47 Å². The Morgan fingerprint density at radius 2 is 1.87 bits per heavy atom. The summed E-state index contributed by atoms with van der Waals surface area (Å²) in [6, 6.07) is 6.02. The van der Waals surface area contributed by atoms with E-state index < -0.39 is 0 Å². The van der Waals surface area contributed by atoms with E-state index >= 15 is 0 Å². The molecule has 0 atom stereocenters. The van der Waals surface area contributed by atoms with Crippen LogP contribution in [0.25, 0.3) is 0 Å². The van der Waals surface area contributed by atoms with Crippen LogP contribution in [0.1, 0.15) is 26.3 Å². The monoisotopic (exact) mass is 208 g/mol. The molecule has 84 valence electrons. The Balaban J connectivity index is 2.77. The molecule has 0 amide bonds. The molecule has 15 heavy (non-hydrogen) atoms. The van der Waals surface area contributed by atoms with Gasteiger partial charge in [0.1, 0.15) is 0 Å². The normalized spacial score (nSPS) is 10.5. The minimum Gasteiger partial charge on any atom is -0.490 e. The largest absolute Gasteiger partial charge is 0.490 e. The molecule has 0 aliphatic rings. The zero-order chi connectivity index (χ0) is 11.3. The van der Waals surface area contributed by atoms with Gasteiger partial charge in [-0.05, 0) is 37.5 Å². The Kier molecular flexibility index (Phi) is 4.47. The van der Waals surface area contributed by atoms with Gasteiger partial charge in [0.2, 0.25) is 0 Å². The van der Waals surface area contributed by atoms with E-state index in [0.717, 1.165) is 18.1 Å². The Hall–Kier alpha value is -1.18. The minimum atomic E-state index is 0.528. The molecule has 0 aliphatic carbocycles. The first-order valence-corrected chi connectivity index (χ1v) is 5.49. The van der Waals surface area contributed by atoms with Crippen LogP contribution < -0.4 is 9.47 Å². The average molecular weight is 208 g/mol. The zero-order valence-electron chi connectivity index (χ0n) is 10.0. The lowest BCUT2D eigenvalue weighted by Gasteiger charge is -2.13. The molecule has 0 heterocycles. The van der Waals surface area contributed by atoms with Gasteiger partial charge in [-0.25, -0.2) is 0 Å². The Bertz CT molecular complexity index is 305. The lowest BCUT2D eigenvalue weighted by Crippen LogP contribution is -2.06. The van der Waals surface area contributed by atoms with Crippen molar-refractivity contribution in [1.82, 2.24) is 0 Å². The van der Waals surface area contributed by atoms with Crippen molar-refractivity contribution in [1.29, 1.82) is 0 Å². The summed E-state index contributed by atoms with van der Waals surface area (Å²) >= 11 is 0. The maximum atomic E-state index is 5.71. The molecule has 0 aromatic heterocycles. The number of benzene rings is 1. The van der Waals surface area contributed by atoms with Gasteiger partial charge in [0, 0.05) is 0 Å². The summed E-state index contributed by atoms with van der Waals surface area (Å²) in [6.07, 6.45) is 0. The smallest absolute Gasteiger partial charge is 0.161 e. The zero-order valence-corrected chi connectivity index (χ0v) is 10.0. The molecule has 0 unspecified atom stereocenters. The van der Waals surface area contributed by atoms with Crippen LogP contribution in [0.3, 0.4) is 0 Å². The van der Waals surface area contributed by atoms with E-state index in [1.165, 1.54) is 5.56 Å². The fraction of sp³-hybridized carbons (Fsp3) is 0.538. The van der Waals surface area contributed by atoms with Crippen LogP contribution in [0.2, 0.25) is 0 Å². The van der Waals surface area contributed by atoms with E-state index in [1.807, 2.05) is 25.1 Å². The number of rotatable bonds is 5. The van der Waals surface area contributed by atoms with E-state index in [1.54, 1.807) is 0 Å². The van der Waals surface area contributed by atoms with Crippen LogP contribution in [-0.4, -0.2) is 13.2 Å². The van der Waals surface area contributed by atoms with Gasteiger partial charge in [0.05, 0.1) is 13.2 Å². The Labute approximate surface area is 92.2 Å². The summed E-state index contributed by atoms with van der Waals surface area (Å²) in [6.45, 7) is 9.70. The fourth-order valence-corrected chi connectivity index (χ4v) is 1.26. The number of hydrogen-bond acceptors (Lipinski definition) is 2. The predicted octanol–water partition coefficient (Wildman–Crippen LogP) is 3.43. The van der Waals surface area contributed by atoms with Crippen LogP contribution >= 0.6 is 0 Å². The lowest BCUT2D eigenvalue weighted by atomic mass is 10.2. The molecule has 0 saturated heterocycles. The summed E-state index contributed by atoms with van der Waals surface area (Å²) < 4.78 is 11.2. The second-order valence-electron chi connectivity index (χ2n) is 4.09. The van der Waals surface area contributed by atoms with Crippen LogP contribution in [0.5, 0.6) is 11.5 Å². The molecule has 1 aromatic rings. The first kappa shape index (κ1) is 11.9. The van der Waals surface area contributed by atoms with E-state index in [4.69, 9.17) is 9.47 Å².